The minimum Gasteiger partial charge on any atom is -0.449 e. The molecule has 4 nitrogen and oxygen atoms in total. The van der Waals surface area contributed by atoms with E-state index in [4.69, 9.17) is 4.74 Å². The topological polar surface area (TPSA) is 48.3 Å². The molecule has 31 heavy (non-hydrogen) atoms. The normalized spacial score (nSPS) is 10.8. The highest BCUT2D eigenvalue weighted by Gasteiger charge is 2.19. The Bertz CT molecular complexity index is 1180. The first-order valence-electron chi connectivity index (χ1n) is 9.89. The van der Waals surface area contributed by atoms with Crippen molar-refractivity contribution in [2.24, 2.45) is 0 Å². The first-order valence-corrected chi connectivity index (χ1v) is 10.3. The Balaban J connectivity index is 1.52. The van der Waals surface area contributed by atoms with Crippen molar-refractivity contribution in [3.05, 3.63) is 136 Å². The molecule has 1 aromatic heterocycles. The molecule has 0 amide bonds. The van der Waals surface area contributed by atoms with Crippen molar-refractivity contribution in [2.75, 3.05) is 0 Å². The largest absolute Gasteiger partial charge is 0.449 e. The first-order chi connectivity index (χ1) is 15.1. The number of pyridine rings is 1. The minimum absolute atomic E-state index is 0.121. The van der Waals surface area contributed by atoms with Crippen LogP contribution in [0.2, 0.25) is 0 Å². The molecular weight excluding hydrogens is 406 g/mol. The summed E-state index contributed by atoms with van der Waals surface area (Å²) in [4.78, 5) is 25.6. The average Bonchev–Trinajstić information content (AvgIpc) is 2.81. The van der Waals surface area contributed by atoms with Crippen molar-refractivity contribution in [1.82, 2.24) is 4.57 Å². The number of rotatable bonds is 6. The molecule has 0 saturated heterocycles. The van der Waals surface area contributed by atoms with E-state index in [1.165, 1.54) is 6.07 Å². The van der Waals surface area contributed by atoms with Gasteiger partial charge in [0.2, 0.25) is 0 Å². The molecule has 0 aliphatic carbocycles. The number of carbonyl (C=O) groups is 1. The molecule has 1 heterocycles. The van der Waals surface area contributed by atoms with Crippen LogP contribution in [0.1, 0.15) is 33.2 Å². The number of aromatic nitrogens is 1. The van der Waals surface area contributed by atoms with Crippen LogP contribution >= 0.6 is 12.6 Å². The highest BCUT2D eigenvalue weighted by Crippen LogP contribution is 2.27. The Morgan fingerprint density at radius 3 is 1.97 bits per heavy atom. The minimum atomic E-state index is -0.493. The molecule has 0 bridgehead atoms. The Labute approximate surface area is 186 Å². The van der Waals surface area contributed by atoms with Gasteiger partial charge < -0.3 is 9.30 Å². The zero-order valence-electron chi connectivity index (χ0n) is 16.7. The number of carbonyl (C=O) groups excluding carboxylic acids is 1. The standard InChI is InChI=1S/C26H21NO3S/c28-24-17-23(31)15-16-27(24)18-19-11-13-22(14-12-19)26(29)30-25(20-7-3-1-4-8-20)21-9-5-2-6-10-21/h1-17,25,31H,18H2. The van der Waals surface area contributed by atoms with Crippen molar-refractivity contribution < 1.29 is 9.53 Å². The molecule has 4 aromatic rings. The molecule has 0 aliphatic rings. The first kappa shape index (κ1) is 20.7. The van der Waals surface area contributed by atoms with E-state index in [1.807, 2.05) is 72.8 Å². The molecule has 0 unspecified atom stereocenters. The van der Waals surface area contributed by atoms with Crippen LogP contribution in [-0.4, -0.2) is 10.5 Å². The number of esters is 1. The van der Waals surface area contributed by atoms with Crippen LogP contribution in [-0.2, 0) is 11.3 Å². The Kier molecular flexibility index (Phi) is 6.34. The van der Waals surface area contributed by atoms with Gasteiger partial charge in [0.25, 0.3) is 5.56 Å². The van der Waals surface area contributed by atoms with Crippen LogP contribution in [0.25, 0.3) is 0 Å². The number of hydrogen-bond donors (Lipinski definition) is 1. The summed E-state index contributed by atoms with van der Waals surface area (Å²) in [6.45, 7) is 0.416. The molecule has 4 rings (SSSR count). The third kappa shape index (κ3) is 5.13. The molecular formula is C26H21NO3S. The maximum atomic E-state index is 12.9. The monoisotopic (exact) mass is 427 g/mol. The Morgan fingerprint density at radius 1 is 0.839 bits per heavy atom. The van der Waals surface area contributed by atoms with Gasteiger partial charge in [0.1, 0.15) is 0 Å². The maximum absolute atomic E-state index is 12.9. The molecule has 0 atom stereocenters. The van der Waals surface area contributed by atoms with Crippen molar-refractivity contribution in [1.29, 1.82) is 0 Å². The van der Waals surface area contributed by atoms with Crippen molar-refractivity contribution in [3.8, 4) is 0 Å². The summed E-state index contributed by atoms with van der Waals surface area (Å²) in [5.74, 6) is -0.402. The summed E-state index contributed by atoms with van der Waals surface area (Å²) >= 11 is 4.18. The fraction of sp³-hybridized carbons (Fsp3) is 0.0769. The van der Waals surface area contributed by atoms with Crippen LogP contribution in [0.5, 0.6) is 0 Å². The van der Waals surface area contributed by atoms with Crippen molar-refractivity contribution in [3.63, 3.8) is 0 Å². The number of benzene rings is 3. The number of ether oxygens (including phenoxy) is 1. The second kappa shape index (κ2) is 9.49. The van der Waals surface area contributed by atoms with Gasteiger partial charge in [-0.15, -0.1) is 12.6 Å². The van der Waals surface area contributed by atoms with Gasteiger partial charge >= 0.3 is 5.97 Å². The molecule has 0 fully saturated rings. The number of nitrogens with zero attached hydrogens (tertiary/aromatic N) is 1. The van der Waals surface area contributed by atoms with Crippen LogP contribution < -0.4 is 5.56 Å². The van der Waals surface area contributed by atoms with Crippen LogP contribution in [0.3, 0.4) is 0 Å². The zero-order valence-corrected chi connectivity index (χ0v) is 17.6. The SMILES string of the molecule is O=C(OC(c1ccccc1)c1ccccc1)c1ccc(Cn2ccc(S)cc2=O)cc1. The van der Waals surface area contributed by atoms with E-state index in [0.717, 1.165) is 16.7 Å². The lowest BCUT2D eigenvalue weighted by atomic mass is 10.0. The average molecular weight is 428 g/mol. The fourth-order valence-corrected chi connectivity index (χ4v) is 3.51. The van der Waals surface area contributed by atoms with E-state index >= 15 is 0 Å². The van der Waals surface area contributed by atoms with E-state index < -0.39 is 12.1 Å². The number of thiol groups is 1. The van der Waals surface area contributed by atoms with E-state index in [-0.39, 0.29) is 5.56 Å². The fourth-order valence-electron chi connectivity index (χ4n) is 3.33. The molecule has 0 radical (unpaired) electrons. The summed E-state index contributed by atoms with van der Waals surface area (Å²) in [6.07, 6.45) is 1.21. The zero-order chi connectivity index (χ0) is 21.6. The van der Waals surface area contributed by atoms with Crippen LogP contribution in [0.4, 0.5) is 0 Å². The second-order valence-corrected chi connectivity index (χ2v) is 7.67. The summed E-state index contributed by atoms with van der Waals surface area (Å²) in [7, 11) is 0. The summed E-state index contributed by atoms with van der Waals surface area (Å²) in [5, 5.41) is 0. The lowest BCUT2D eigenvalue weighted by Crippen LogP contribution is -2.19. The van der Waals surface area contributed by atoms with Gasteiger partial charge in [-0.2, -0.15) is 0 Å². The van der Waals surface area contributed by atoms with Gasteiger partial charge in [0, 0.05) is 17.2 Å². The van der Waals surface area contributed by atoms with E-state index in [1.54, 1.807) is 29.0 Å². The van der Waals surface area contributed by atoms with Crippen LogP contribution in [0, 0.1) is 0 Å². The van der Waals surface area contributed by atoms with E-state index in [9.17, 15) is 9.59 Å². The summed E-state index contributed by atoms with van der Waals surface area (Å²) in [5.41, 5.74) is 3.06. The predicted octanol–water partition coefficient (Wildman–Crippen LogP) is 5.13. The van der Waals surface area contributed by atoms with Gasteiger partial charge in [-0.1, -0.05) is 72.8 Å². The number of hydrogen-bond acceptors (Lipinski definition) is 4. The highest BCUT2D eigenvalue weighted by molar-refractivity contribution is 7.80. The summed E-state index contributed by atoms with van der Waals surface area (Å²) < 4.78 is 7.49. The lowest BCUT2D eigenvalue weighted by Gasteiger charge is -2.19. The third-order valence-electron chi connectivity index (χ3n) is 4.95. The second-order valence-electron chi connectivity index (χ2n) is 7.15. The quantitative estimate of drug-likeness (QED) is 0.343. The maximum Gasteiger partial charge on any atom is 0.339 e. The molecule has 154 valence electrons. The predicted molar refractivity (Wildman–Crippen MR) is 124 cm³/mol. The molecule has 5 heteroatoms. The van der Waals surface area contributed by atoms with E-state index in [0.29, 0.717) is 17.0 Å². The van der Waals surface area contributed by atoms with Crippen molar-refractivity contribution in [2.45, 2.75) is 17.5 Å². The molecule has 0 N–H and O–H groups in total. The van der Waals surface area contributed by atoms with Gasteiger partial charge in [0.15, 0.2) is 6.10 Å². The van der Waals surface area contributed by atoms with Gasteiger partial charge in [-0.3, -0.25) is 4.79 Å². The van der Waals surface area contributed by atoms with Gasteiger partial charge in [-0.05, 0) is 34.9 Å². The van der Waals surface area contributed by atoms with Crippen LogP contribution in [0.15, 0.2) is 113 Å². The molecule has 0 aliphatic heterocycles. The molecule has 0 spiro atoms. The Morgan fingerprint density at radius 2 is 1.42 bits per heavy atom. The Hall–Kier alpha value is -3.57. The smallest absolute Gasteiger partial charge is 0.339 e. The third-order valence-corrected chi connectivity index (χ3v) is 5.23. The van der Waals surface area contributed by atoms with Gasteiger partial charge in [-0.25, -0.2) is 4.79 Å². The van der Waals surface area contributed by atoms with Crippen molar-refractivity contribution >= 4 is 18.6 Å². The summed E-state index contributed by atoms with van der Waals surface area (Å²) in [6, 6.07) is 29.7. The van der Waals surface area contributed by atoms with E-state index in [2.05, 4.69) is 12.6 Å². The molecule has 0 saturated carbocycles. The van der Waals surface area contributed by atoms with Gasteiger partial charge in [0.05, 0.1) is 12.1 Å². The molecule has 3 aromatic carbocycles. The lowest BCUT2D eigenvalue weighted by molar-refractivity contribution is 0.0378. The highest BCUT2D eigenvalue weighted by atomic mass is 32.1.